The third kappa shape index (κ3) is 5.50. The summed E-state index contributed by atoms with van der Waals surface area (Å²) in [5.74, 6) is 0.511. The minimum atomic E-state index is -4.72. The Bertz CT molecular complexity index is 1110. The minimum Gasteiger partial charge on any atom is -0.406 e. The van der Waals surface area contributed by atoms with Gasteiger partial charge < -0.3 is 14.5 Å². The molecule has 3 amide bonds. The molecule has 36 heavy (non-hydrogen) atoms. The molecule has 5 rings (SSSR count). The van der Waals surface area contributed by atoms with Gasteiger partial charge in [-0.3, -0.25) is 14.8 Å². The van der Waals surface area contributed by atoms with E-state index in [2.05, 4.69) is 14.9 Å². The molecule has 0 unspecified atom stereocenters. The van der Waals surface area contributed by atoms with Gasteiger partial charge in [-0.15, -0.1) is 13.2 Å². The van der Waals surface area contributed by atoms with Crippen LogP contribution in [0.25, 0.3) is 6.08 Å². The van der Waals surface area contributed by atoms with Crippen molar-refractivity contribution in [1.29, 1.82) is 0 Å². The molecule has 0 saturated carbocycles. The van der Waals surface area contributed by atoms with Crippen LogP contribution in [0.3, 0.4) is 0 Å². The van der Waals surface area contributed by atoms with Crippen molar-refractivity contribution in [3.8, 4) is 5.75 Å². The van der Waals surface area contributed by atoms with E-state index in [9.17, 15) is 22.8 Å². The van der Waals surface area contributed by atoms with Crippen LogP contribution < -0.4 is 4.74 Å². The summed E-state index contributed by atoms with van der Waals surface area (Å²) in [6, 6.07) is 5.64. The molecule has 3 aliphatic rings. The molecule has 0 radical (unpaired) electrons. The number of hydrogen-bond donors (Lipinski definition) is 1. The summed E-state index contributed by atoms with van der Waals surface area (Å²) in [5.41, 5.74) is 2.72. The van der Waals surface area contributed by atoms with Crippen LogP contribution in [0.5, 0.6) is 5.75 Å². The van der Waals surface area contributed by atoms with Gasteiger partial charge in [0.15, 0.2) is 0 Å². The van der Waals surface area contributed by atoms with Crippen LogP contribution in [0.2, 0.25) is 0 Å². The van der Waals surface area contributed by atoms with Crippen molar-refractivity contribution < 1.29 is 27.5 Å². The smallest absolute Gasteiger partial charge is 0.406 e. The Labute approximate surface area is 206 Å². The zero-order valence-electron chi connectivity index (χ0n) is 19.7. The average Bonchev–Trinajstić information content (AvgIpc) is 3.44. The van der Waals surface area contributed by atoms with E-state index in [1.165, 1.54) is 12.1 Å². The molecule has 2 saturated heterocycles. The number of aromatic amines is 1. The van der Waals surface area contributed by atoms with Gasteiger partial charge in [-0.05, 0) is 54.9 Å². The van der Waals surface area contributed by atoms with E-state index in [4.69, 9.17) is 0 Å². The van der Waals surface area contributed by atoms with Gasteiger partial charge in [-0.25, -0.2) is 4.79 Å². The average molecular weight is 504 g/mol. The van der Waals surface area contributed by atoms with Crippen LogP contribution in [0, 0.1) is 11.8 Å². The lowest BCUT2D eigenvalue weighted by atomic mass is 9.92. The topological polar surface area (TPSA) is 81.8 Å². The highest BCUT2D eigenvalue weighted by molar-refractivity contribution is 5.78. The number of urea groups is 1. The Morgan fingerprint density at radius 1 is 1.06 bits per heavy atom. The first kappa shape index (κ1) is 24.2. The largest absolute Gasteiger partial charge is 0.573 e. The second-order valence-corrected chi connectivity index (χ2v) is 9.61. The number of aromatic nitrogens is 2. The van der Waals surface area contributed by atoms with Gasteiger partial charge in [0.2, 0.25) is 5.91 Å². The molecule has 11 heteroatoms. The number of carbonyl (C=O) groups is 2. The summed E-state index contributed by atoms with van der Waals surface area (Å²) >= 11 is 0. The molecule has 1 aromatic carbocycles. The summed E-state index contributed by atoms with van der Waals surface area (Å²) in [4.78, 5) is 31.4. The van der Waals surface area contributed by atoms with Crippen molar-refractivity contribution in [1.82, 2.24) is 24.9 Å². The van der Waals surface area contributed by atoms with E-state index in [0.717, 1.165) is 29.7 Å². The number of alkyl halides is 3. The highest BCUT2D eigenvalue weighted by Gasteiger charge is 2.39. The molecule has 2 aromatic rings. The van der Waals surface area contributed by atoms with Crippen LogP contribution in [-0.4, -0.2) is 69.4 Å². The van der Waals surface area contributed by atoms with Crippen molar-refractivity contribution in [2.45, 2.75) is 38.6 Å². The highest BCUT2D eigenvalue weighted by atomic mass is 19.4. The number of hydrogen-bond acceptors (Lipinski definition) is 4. The summed E-state index contributed by atoms with van der Waals surface area (Å²) < 4.78 is 40.8. The number of likely N-dealkylation sites (tertiary alicyclic amines) is 2. The lowest BCUT2D eigenvalue weighted by Crippen LogP contribution is -2.40. The third-order valence-electron chi connectivity index (χ3n) is 7.28. The molecule has 192 valence electrons. The lowest BCUT2D eigenvalue weighted by molar-refractivity contribution is -0.274. The number of nitrogens with one attached hydrogen (secondary N) is 1. The second-order valence-electron chi connectivity index (χ2n) is 9.61. The van der Waals surface area contributed by atoms with Gasteiger partial charge in [0.1, 0.15) is 5.75 Å². The van der Waals surface area contributed by atoms with Crippen LogP contribution in [0.15, 0.2) is 36.7 Å². The molecule has 8 nitrogen and oxygen atoms in total. The number of benzene rings is 1. The Morgan fingerprint density at radius 3 is 2.42 bits per heavy atom. The number of amides is 3. The van der Waals surface area contributed by atoms with Crippen LogP contribution in [0.4, 0.5) is 18.0 Å². The first-order valence-corrected chi connectivity index (χ1v) is 12.1. The molecule has 0 aliphatic carbocycles. The molecule has 0 bridgehead atoms. The highest BCUT2D eigenvalue weighted by Crippen LogP contribution is 2.33. The van der Waals surface area contributed by atoms with Gasteiger partial charge in [0.05, 0.1) is 18.4 Å². The standard InChI is InChI=1S/C25H28F3N5O3/c26-25(27,28)36-21-4-1-17(2-5-21)3-6-23(34)31-10-7-18-14-33(15-19(18)8-11-31)24(35)32-12-9-22-20(16-32)13-29-30-22/h1-2,4-5,9,12-13,18-19H,3,6-8,10-11,14-16H2,(H,29,30)/t18-,19+. The monoisotopic (exact) mass is 503 g/mol. The van der Waals surface area contributed by atoms with Gasteiger partial charge in [-0.1, -0.05) is 12.1 Å². The third-order valence-corrected chi connectivity index (χ3v) is 7.28. The minimum absolute atomic E-state index is 0.00533. The molecular formula is C25H28F3N5O3. The van der Waals surface area contributed by atoms with Crippen molar-refractivity contribution in [3.63, 3.8) is 0 Å². The SMILES string of the molecule is O=C(CCc1ccc(OC(F)(F)F)cc1)N1CC[C@@H]2CN(C(=O)N3C=Cc4[nH]ncc4C3)C[C@@H]2CC1. The predicted octanol–water partition coefficient (Wildman–Crippen LogP) is 4.02. The molecule has 0 spiro atoms. The van der Waals surface area contributed by atoms with Crippen LogP contribution in [0.1, 0.15) is 36.1 Å². The van der Waals surface area contributed by atoms with Gasteiger partial charge in [-0.2, -0.15) is 5.10 Å². The zero-order valence-corrected chi connectivity index (χ0v) is 19.7. The summed E-state index contributed by atoms with van der Waals surface area (Å²) in [7, 11) is 0. The van der Waals surface area contributed by atoms with Crippen molar-refractivity contribution in [2.75, 3.05) is 26.2 Å². The number of H-pyrrole nitrogens is 1. The Kier molecular flexibility index (Phi) is 6.63. The zero-order chi connectivity index (χ0) is 25.3. The first-order chi connectivity index (χ1) is 17.2. The number of fused-ring (bicyclic) bond motifs is 2. The molecule has 2 fully saturated rings. The first-order valence-electron chi connectivity index (χ1n) is 12.1. The van der Waals surface area contributed by atoms with Gasteiger partial charge in [0, 0.05) is 44.4 Å². The molecule has 1 aromatic heterocycles. The number of carbonyl (C=O) groups excluding carboxylic acids is 2. The van der Waals surface area contributed by atoms with E-state index in [0.29, 0.717) is 57.4 Å². The van der Waals surface area contributed by atoms with Crippen LogP contribution in [-0.2, 0) is 17.8 Å². The molecule has 2 atom stereocenters. The van der Waals surface area contributed by atoms with Gasteiger partial charge >= 0.3 is 12.4 Å². The predicted molar refractivity (Wildman–Crippen MR) is 124 cm³/mol. The lowest BCUT2D eigenvalue weighted by Gasteiger charge is -2.28. The Morgan fingerprint density at radius 2 is 1.75 bits per heavy atom. The summed E-state index contributed by atoms with van der Waals surface area (Å²) in [6.07, 6.45) is 3.16. The fourth-order valence-electron chi connectivity index (χ4n) is 5.33. The molecule has 1 N–H and O–H groups in total. The van der Waals surface area contributed by atoms with E-state index in [1.54, 1.807) is 29.4 Å². The molecule has 3 aliphatic heterocycles. The maximum atomic E-state index is 13.1. The summed E-state index contributed by atoms with van der Waals surface area (Å²) in [5, 5.41) is 6.94. The Hall–Kier alpha value is -3.50. The number of halogens is 3. The molecule has 4 heterocycles. The maximum absolute atomic E-state index is 13.1. The van der Waals surface area contributed by atoms with Crippen molar-refractivity contribution >= 4 is 18.0 Å². The molecular weight excluding hydrogens is 475 g/mol. The second kappa shape index (κ2) is 9.87. The summed E-state index contributed by atoms with van der Waals surface area (Å²) in [6.45, 7) is 3.21. The number of nitrogens with zero attached hydrogens (tertiary/aromatic N) is 4. The quantitative estimate of drug-likeness (QED) is 0.684. The maximum Gasteiger partial charge on any atom is 0.573 e. The van der Waals surface area contributed by atoms with E-state index in [1.807, 2.05) is 15.9 Å². The van der Waals surface area contributed by atoms with E-state index in [-0.39, 0.29) is 17.7 Å². The number of ether oxygens (including phenoxy) is 1. The van der Waals surface area contributed by atoms with E-state index >= 15 is 0 Å². The fraction of sp³-hybridized carbons (Fsp3) is 0.480. The van der Waals surface area contributed by atoms with Crippen molar-refractivity contribution in [3.05, 3.63) is 53.5 Å². The fourth-order valence-corrected chi connectivity index (χ4v) is 5.33. The Balaban J connectivity index is 1.08. The van der Waals surface area contributed by atoms with Gasteiger partial charge in [0.25, 0.3) is 0 Å². The number of aryl methyl sites for hydroxylation is 1. The van der Waals surface area contributed by atoms with E-state index < -0.39 is 6.36 Å². The van der Waals surface area contributed by atoms with Crippen LogP contribution >= 0.6 is 0 Å². The normalized spacial score (nSPS) is 21.7. The van der Waals surface area contributed by atoms with Crippen molar-refractivity contribution in [2.24, 2.45) is 11.8 Å². The number of rotatable bonds is 4.